The Morgan fingerprint density at radius 3 is 2.57 bits per heavy atom. The minimum Gasteiger partial charge on any atom is -0.480 e. The predicted octanol–water partition coefficient (Wildman–Crippen LogP) is 4.79. The highest BCUT2D eigenvalue weighted by Crippen LogP contribution is 2.37. The topological polar surface area (TPSA) is 64.5 Å². The summed E-state index contributed by atoms with van der Waals surface area (Å²) < 4.78 is 10.4. The van der Waals surface area contributed by atoms with Crippen molar-refractivity contribution in [3.8, 4) is 23.0 Å². The maximum atomic E-state index is 13.2. The molecule has 1 amide bonds. The second kappa shape index (κ2) is 8.71. The lowest BCUT2D eigenvalue weighted by Crippen LogP contribution is -2.30. The molecule has 2 aromatic carbocycles. The number of benzene rings is 2. The van der Waals surface area contributed by atoms with Crippen LogP contribution in [0.5, 0.6) is 11.9 Å². The van der Waals surface area contributed by atoms with Crippen LogP contribution in [0.2, 0.25) is 5.02 Å². The Morgan fingerprint density at radius 2 is 1.87 bits per heavy atom. The fraction of sp³-hybridized carbons (Fsp3) is 0.261. The van der Waals surface area contributed by atoms with Gasteiger partial charge in [-0.3, -0.25) is 4.79 Å². The van der Waals surface area contributed by atoms with Crippen molar-refractivity contribution in [1.29, 1.82) is 0 Å². The van der Waals surface area contributed by atoms with E-state index < -0.39 is 0 Å². The molecule has 0 saturated carbocycles. The summed E-state index contributed by atoms with van der Waals surface area (Å²) in [5.41, 5.74) is 3.22. The van der Waals surface area contributed by atoms with Crippen molar-refractivity contribution >= 4 is 17.5 Å². The third-order valence-corrected chi connectivity index (χ3v) is 5.67. The third kappa shape index (κ3) is 3.83. The second-order valence-electron chi connectivity index (χ2n) is 7.04. The van der Waals surface area contributed by atoms with Crippen LogP contribution in [0.15, 0.2) is 54.7 Å². The molecule has 0 bridgehead atoms. The number of carbonyl (C=O) groups excluding carboxylic acids is 1. The number of rotatable bonds is 5. The zero-order valence-corrected chi connectivity index (χ0v) is 17.6. The van der Waals surface area contributed by atoms with E-state index in [0.717, 1.165) is 36.1 Å². The lowest BCUT2D eigenvalue weighted by molar-refractivity contribution is 0.0736. The van der Waals surface area contributed by atoms with Crippen LogP contribution in [-0.2, 0) is 0 Å². The van der Waals surface area contributed by atoms with Crippen molar-refractivity contribution in [1.82, 2.24) is 14.9 Å². The van der Waals surface area contributed by atoms with Gasteiger partial charge in [0, 0.05) is 23.3 Å². The highest BCUT2D eigenvalue weighted by molar-refractivity contribution is 6.31. The normalized spacial score (nSPS) is 15.8. The molecule has 1 aromatic heterocycles. The van der Waals surface area contributed by atoms with Crippen LogP contribution in [0.1, 0.15) is 34.8 Å². The second-order valence-corrected chi connectivity index (χ2v) is 7.44. The smallest absolute Gasteiger partial charge is 0.319 e. The Balaban J connectivity index is 1.58. The van der Waals surface area contributed by atoms with Gasteiger partial charge in [0.2, 0.25) is 5.88 Å². The monoisotopic (exact) mass is 423 g/mol. The lowest BCUT2D eigenvalue weighted by Gasteiger charge is -2.26. The van der Waals surface area contributed by atoms with Gasteiger partial charge in [0.15, 0.2) is 0 Å². The van der Waals surface area contributed by atoms with Crippen molar-refractivity contribution in [2.45, 2.75) is 18.9 Å². The zero-order valence-electron chi connectivity index (χ0n) is 16.8. The largest absolute Gasteiger partial charge is 0.480 e. The van der Waals surface area contributed by atoms with Crippen LogP contribution in [0.25, 0.3) is 11.1 Å². The lowest BCUT2D eigenvalue weighted by atomic mass is 10.0. The van der Waals surface area contributed by atoms with Crippen LogP contribution < -0.4 is 9.47 Å². The minimum atomic E-state index is 0.000888. The molecule has 0 radical (unpaired) electrons. The van der Waals surface area contributed by atoms with E-state index in [4.69, 9.17) is 21.1 Å². The molecule has 2 heterocycles. The van der Waals surface area contributed by atoms with Gasteiger partial charge < -0.3 is 14.4 Å². The van der Waals surface area contributed by atoms with Gasteiger partial charge in [-0.25, -0.2) is 4.98 Å². The summed E-state index contributed by atoms with van der Waals surface area (Å²) in [7, 11) is 3.05. The Morgan fingerprint density at radius 1 is 1.10 bits per heavy atom. The highest BCUT2D eigenvalue weighted by atomic mass is 35.5. The molecule has 1 aliphatic heterocycles. The van der Waals surface area contributed by atoms with Crippen molar-refractivity contribution in [3.63, 3.8) is 0 Å². The summed E-state index contributed by atoms with van der Waals surface area (Å²) in [4.78, 5) is 23.5. The molecule has 3 aromatic rings. The number of likely N-dealkylation sites (tertiary alicyclic amines) is 1. The Labute approximate surface area is 180 Å². The maximum Gasteiger partial charge on any atom is 0.319 e. The molecule has 0 unspecified atom stereocenters. The first-order valence-electron chi connectivity index (χ1n) is 9.73. The summed E-state index contributed by atoms with van der Waals surface area (Å²) in [5, 5.41) is 0.698. The number of hydrogen-bond donors (Lipinski definition) is 0. The number of ether oxygens (including phenoxy) is 2. The minimum absolute atomic E-state index is 0.000888. The number of nitrogens with zero attached hydrogens (tertiary/aromatic N) is 3. The van der Waals surface area contributed by atoms with Gasteiger partial charge in [-0.2, -0.15) is 4.98 Å². The fourth-order valence-electron chi connectivity index (χ4n) is 3.84. The summed E-state index contributed by atoms with van der Waals surface area (Å²) >= 11 is 6.39. The van der Waals surface area contributed by atoms with E-state index in [9.17, 15) is 4.79 Å². The van der Waals surface area contributed by atoms with Crippen LogP contribution in [0.4, 0.5) is 0 Å². The Hall–Kier alpha value is -3.12. The van der Waals surface area contributed by atoms with E-state index in [2.05, 4.69) is 9.97 Å². The maximum absolute atomic E-state index is 13.2. The molecule has 4 rings (SSSR count). The van der Waals surface area contributed by atoms with Crippen molar-refractivity contribution in [2.75, 3.05) is 20.8 Å². The van der Waals surface area contributed by atoms with Gasteiger partial charge in [-0.05, 0) is 42.2 Å². The van der Waals surface area contributed by atoms with Gasteiger partial charge >= 0.3 is 6.01 Å². The van der Waals surface area contributed by atoms with E-state index in [1.54, 1.807) is 13.3 Å². The highest BCUT2D eigenvalue weighted by Gasteiger charge is 2.31. The van der Waals surface area contributed by atoms with E-state index in [1.165, 1.54) is 7.11 Å². The van der Waals surface area contributed by atoms with E-state index >= 15 is 0 Å². The summed E-state index contributed by atoms with van der Waals surface area (Å²) in [6.45, 7) is 0.719. The molecular formula is C23H22ClN3O3. The SMILES string of the molecule is COc1ncc(-c2ccc(C(=O)N3CCC[C@@H]3c3ccccc3Cl)cc2)c(OC)n1. The number of methoxy groups -OCH3 is 2. The van der Waals surface area contributed by atoms with Crippen LogP contribution >= 0.6 is 11.6 Å². The first-order chi connectivity index (χ1) is 14.6. The van der Waals surface area contributed by atoms with Crippen molar-refractivity contribution < 1.29 is 14.3 Å². The molecule has 0 aliphatic carbocycles. The fourth-order valence-corrected chi connectivity index (χ4v) is 4.10. The molecule has 154 valence electrons. The molecule has 1 aliphatic rings. The molecule has 7 heteroatoms. The summed E-state index contributed by atoms with van der Waals surface area (Å²) in [6, 6.07) is 15.4. The van der Waals surface area contributed by atoms with Gasteiger partial charge in [-0.15, -0.1) is 0 Å². The van der Waals surface area contributed by atoms with Crippen LogP contribution in [0, 0.1) is 0 Å². The Bertz CT molecular complexity index is 1060. The van der Waals surface area contributed by atoms with E-state index in [-0.39, 0.29) is 18.0 Å². The van der Waals surface area contributed by atoms with E-state index in [1.807, 2.05) is 53.4 Å². The van der Waals surface area contributed by atoms with Gasteiger partial charge in [0.1, 0.15) is 0 Å². The molecule has 1 saturated heterocycles. The first kappa shape index (κ1) is 20.2. The summed E-state index contributed by atoms with van der Waals surface area (Å²) in [5.74, 6) is 0.418. The van der Waals surface area contributed by atoms with Gasteiger partial charge in [0.05, 0.1) is 25.8 Å². The molecule has 0 N–H and O–H groups in total. The molecular weight excluding hydrogens is 402 g/mol. The van der Waals surface area contributed by atoms with E-state index in [0.29, 0.717) is 16.5 Å². The average Bonchev–Trinajstić information content (AvgIpc) is 3.28. The van der Waals surface area contributed by atoms with Crippen molar-refractivity contribution in [2.24, 2.45) is 0 Å². The quantitative estimate of drug-likeness (QED) is 0.590. The third-order valence-electron chi connectivity index (χ3n) is 5.33. The number of hydrogen-bond acceptors (Lipinski definition) is 5. The first-order valence-corrected chi connectivity index (χ1v) is 10.1. The number of carbonyl (C=O) groups is 1. The van der Waals surface area contributed by atoms with Crippen LogP contribution in [0.3, 0.4) is 0 Å². The number of aromatic nitrogens is 2. The van der Waals surface area contributed by atoms with Gasteiger partial charge in [0.25, 0.3) is 5.91 Å². The molecule has 1 atom stereocenters. The number of amides is 1. The standard InChI is InChI=1S/C23H22ClN3O3/c1-29-21-18(14-25-23(26-21)30-2)15-9-11-16(12-10-15)22(28)27-13-5-8-20(27)17-6-3-4-7-19(17)24/h3-4,6-7,9-12,14,20H,5,8,13H2,1-2H3/t20-/m1/s1. The number of halogens is 1. The van der Waals surface area contributed by atoms with Gasteiger partial charge in [-0.1, -0.05) is 41.9 Å². The van der Waals surface area contributed by atoms with Crippen molar-refractivity contribution in [3.05, 3.63) is 70.9 Å². The molecule has 6 nitrogen and oxygen atoms in total. The predicted molar refractivity (Wildman–Crippen MR) is 115 cm³/mol. The molecule has 0 spiro atoms. The average molecular weight is 424 g/mol. The Kier molecular flexibility index (Phi) is 5.86. The zero-order chi connectivity index (χ0) is 21.1. The molecule has 30 heavy (non-hydrogen) atoms. The summed E-state index contributed by atoms with van der Waals surface area (Å²) in [6.07, 6.45) is 3.52. The van der Waals surface area contributed by atoms with Crippen LogP contribution in [-0.4, -0.2) is 41.5 Å². The molecule has 1 fully saturated rings.